The minimum absolute atomic E-state index is 0.102. The maximum atomic E-state index is 13.4. The molecule has 4 nitrogen and oxygen atoms in total. The SMILES string of the molecule is O=C(NC1CCCCC1)[C@@H](c1ccc(Cl)cc1)N(C(=O)CCl)c1ccccc1Cl. The second-order valence-electron chi connectivity index (χ2n) is 7.15. The zero-order valence-corrected chi connectivity index (χ0v) is 18.2. The minimum Gasteiger partial charge on any atom is -0.351 e. The van der Waals surface area contributed by atoms with Crippen LogP contribution in [0.15, 0.2) is 48.5 Å². The number of carbonyl (C=O) groups excluding carboxylic acids is 2. The van der Waals surface area contributed by atoms with Gasteiger partial charge in [0, 0.05) is 11.1 Å². The molecule has 1 atom stereocenters. The van der Waals surface area contributed by atoms with E-state index in [-0.39, 0.29) is 17.8 Å². The van der Waals surface area contributed by atoms with Gasteiger partial charge in [-0.1, -0.05) is 66.7 Å². The Labute approximate surface area is 186 Å². The highest BCUT2D eigenvalue weighted by Gasteiger charge is 2.34. The first-order valence-corrected chi connectivity index (χ1v) is 11.0. The number of alkyl halides is 1. The van der Waals surface area contributed by atoms with Crippen LogP contribution in [0.1, 0.15) is 43.7 Å². The molecule has 1 aliphatic carbocycles. The molecule has 29 heavy (non-hydrogen) atoms. The highest BCUT2D eigenvalue weighted by atomic mass is 35.5. The van der Waals surface area contributed by atoms with Crippen molar-refractivity contribution in [1.82, 2.24) is 5.32 Å². The summed E-state index contributed by atoms with van der Waals surface area (Å²) in [5, 5.41) is 4.05. The van der Waals surface area contributed by atoms with E-state index in [1.54, 1.807) is 48.5 Å². The second-order valence-corrected chi connectivity index (χ2v) is 8.26. The average molecular weight is 454 g/mol. The van der Waals surface area contributed by atoms with E-state index in [1.165, 1.54) is 11.3 Å². The molecule has 7 heteroatoms. The summed E-state index contributed by atoms with van der Waals surface area (Å²) in [5.41, 5.74) is 1.08. The predicted octanol–water partition coefficient (Wildman–Crippen LogP) is 5.76. The quantitative estimate of drug-likeness (QED) is 0.566. The fraction of sp³-hybridized carbons (Fsp3) is 0.364. The summed E-state index contributed by atoms with van der Waals surface area (Å²) in [6.45, 7) is 0. The molecule has 0 aromatic heterocycles. The van der Waals surface area contributed by atoms with Gasteiger partial charge in [0.05, 0.1) is 10.7 Å². The molecule has 0 bridgehead atoms. The number of amides is 2. The lowest BCUT2D eigenvalue weighted by atomic mass is 9.94. The maximum Gasteiger partial charge on any atom is 0.248 e. The number of rotatable bonds is 6. The lowest BCUT2D eigenvalue weighted by molar-refractivity contribution is -0.126. The van der Waals surface area contributed by atoms with Crippen molar-refractivity contribution in [2.45, 2.75) is 44.2 Å². The molecule has 2 amide bonds. The first-order valence-electron chi connectivity index (χ1n) is 9.69. The van der Waals surface area contributed by atoms with Gasteiger partial charge in [-0.05, 0) is 42.7 Å². The number of hydrogen-bond acceptors (Lipinski definition) is 2. The van der Waals surface area contributed by atoms with Crippen molar-refractivity contribution in [2.24, 2.45) is 0 Å². The standard InChI is InChI=1S/C22H23Cl3N2O2/c23-14-20(28)27(19-9-5-4-8-18(19)25)21(15-10-12-16(24)13-11-15)22(29)26-17-6-2-1-3-7-17/h4-5,8-13,17,21H,1-3,6-7,14H2,(H,26,29)/t21-/m1/s1. The highest BCUT2D eigenvalue weighted by Crippen LogP contribution is 2.34. The van der Waals surface area contributed by atoms with Crippen molar-refractivity contribution in [3.8, 4) is 0 Å². The normalized spacial score (nSPS) is 15.6. The predicted molar refractivity (Wildman–Crippen MR) is 119 cm³/mol. The Morgan fingerprint density at radius 2 is 1.66 bits per heavy atom. The van der Waals surface area contributed by atoms with Crippen LogP contribution < -0.4 is 10.2 Å². The van der Waals surface area contributed by atoms with Gasteiger partial charge < -0.3 is 5.32 Å². The topological polar surface area (TPSA) is 49.4 Å². The Hall–Kier alpha value is -1.75. The summed E-state index contributed by atoms with van der Waals surface area (Å²) in [7, 11) is 0. The third kappa shape index (κ3) is 5.44. The molecule has 0 heterocycles. The largest absolute Gasteiger partial charge is 0.351 e. The molecule has 1 aliphatic rings. The fourth-order valence-electron chi connectivity index (χ4n) is 3.72. The molecule has 1 saturated carbocycles. The summed E-state index contributed by atoms with van der Waals surface area (Å²) in [6, 6.07) is 13.0. The van der Waals surface area contributed by atoms with Crippen molar-refractivity contribution in [2.75, 3.05) is 10.8 Å². The summed E-state index contributed by atoms with van der Waals surface area (Å²) in [4.78, 5) is 27.7. The van der Waals surface area contributed by atoms with Crippen LogP contribution in [-0.2, 0) is 9.59 Å². The Morgan fingerprint density at radius 3 is 2.28 bits per heavy atom. The van der Waals surface area contributed by atoms with Crippen LogP contribution in [0.2, 0.25) is 10.0 Å². The van der Waals surface area contributed by atoms with E-state index in [1.807, 2.05) is 0 Å². The summed E-state index contributed by atoms with van der Waals surface area (Å²) < 4.78 is 0. The summed E-state index contributed by atoms with van der Waals surface area (Å²) >= 11 is 18.3. The van der Waals surface area contributed by atoms with Gasteiger partial charge in [-0.15, -0.1) is 11.6 Å². The zero-order chi connectivity index (χ0) is 20.8. The third-order valence-corrected chi connectivity index (χ3v) is 5.94. The van der Waals surface area contributed by atoms with Gasteiger partial charge in [-0.3, -0.25) is 14.5 Å². The van der Waals surface area contributed by atoms with Gasteiger partial charge in [0.2, 0.25) is 11.8 Å². The number of hydrogen-bond donors (Lipinski definition) is 1. The van der Waals surface area contributed by atoms with E-state index in [0.717, 1.165) is 25.7 Å². The van der Waals surface area contributed by atoms with Crippen molar-refractivity contribution in [3.63, 3.8) is 0 Å². The number of para-hydroxylation sites is 1. The molecule has 2 aromatic rings. The first kappa shape index (κ1) is 21.9. The maximum absolute atomic E-state index is 13.4. The number of halogens is 3. The van der Waals surface area contributed by atoms with Crippen molar-refractivity contribution >= 4 is 52.3 Å². The van der Waals surface area contributed by atoms with E-state index in [0.29, 0.717) is 21.3 Å². The van der Waals surface area contributed by atoms with Crippen LogP contribution in [-0.4, -0.2) is 23.7 Å². The van der Waals surface area contributed by atoms with E-state index >= 15 is 0 Å². The van der Waals surface area contributed by atoms with E-state index in [2.05, 4.69) is 5.32 Å². The average Bonchev–Trinajstić information content (AvgIpc) is 2.74. The van der Waals surface area contributed by atoms with Crippen LogP contribution in [0, 0.1) is 0 Å². The molecule has 0 aliphatic heterocycles. The van der Waals surface area contributed by atoms with Gasteiger partial charge in [0.25, 0.3) is 0 Å². The number of nitrogens with zero attached hydrogens (tertiary/aromatic N) is 1. The van der Waals surface area contributed by atoms with Gasteiger partial charge in [-0.25, -0.2) is 0 Å². The first-order chi connectivity index (χ1) is 14.0. The second kappa shape index (κ2) is 10.3. The van der Waals surface area contributed by atoms with Crippen LogP contribution in [0.4, 0.5) is 5.69 Å². The molecule has 154 valence electrons. The van der Waals surface area contributed by atoms with Crippen molar-refractivity contribution in [1.29, 1.82) is 0 Å². The molecular formula is C22H23Cl3N2O2. The smallest absolute Gasteiger partial charge is 0.248 e. The van der Waals surface area contributed by atoms with E-state index < -0.39 is 11.9 Å². The Balaban J connectivity index is 2.03. The van der Waals surface area contributed by atoms with Gasteiger partial charge in [-0.2, -0.15) is 0 Å². The molecule has 1 N–H and O–H groups in total. The fourth-order valence-corrected chi connectivity index (χ4v) is 4.20. The Kier molecular flexibility index (Phi) is 7.82. The van der Waals surface area contributed by atoms with Gasteiger partial charge in [0.1, 0.15) is 11.9 Å². The number of anilines is 1. The number of benzene rings is 2. The molecule has 0 spiro atoms. The van der Waals surface area contributed by atoms with Crippen molar-refractivity contribution in [3.05, 3.63) is 64.1 Å². The summed E-state index contributed by atoms with van der Waals surface area (Å²) in [5.74, 6) is -0.928. The van der Waals surface area contributed by atoms with Crippen molar-refractivity contribution < 1.29 is 9.59 Å². The van der Waals surface area contributed by atoms with Crippen LogP contribution in [0.25, 0.3) is 0 Å². The van der Waals surface area contributed by atoms with E-state index in [4.69, 9.17) is 34.8 Å². The number of carbonyl (C=O) groups is 2. The minimum atomic E-state index is -0.902. The monoisotopic (exact) mass is 452 g/mol. The molecule has 1 fully saturated rings. The van der Waals surface area contributed by atoms with Gasteiger partial charge in [0.15, 0.2) is 0 Å². The molecule has 2 aromatic carbocycles. The van der Waals surface area contributed by atoms with Crippen LogP contribution in [0.3, 0.4) is 0 Å². The molecule has 0 unspecified atom stereocenters. The highest BCUT2D eigenvalue weighted by molar-refractivity contribution is 6.35. The third-order valence-electron chi connectivity index (χ3n) is 5.14. The Morgan fingerprint density at radius 1 is 1.00 bits per heavy atom. The lowest BCUT2D eigenvalue weighted by Crippen LogP contribution is -2.47. The Bertz CT molecular complexity index is 851. The van der Waals surface area contributed by atoms with Crippen LogP contribution in [0.5, 0.6) is 0 Å². The molecule has 0 saturated heterocycles. The zero-order valence-electron chi connectivity index (χ0n) is 15.9. The summed E-state index contributed by atoms with van der Waals surface area (Å²) in [6.07, 6.45) is 5.24. The lowest BCUT2D eigenvalue weighted by Gasteiger charge is -2.33. The van der Waals surface area contributed by atoms with Crippen LogP contribution >= 0.6 is 34.8 Å². The molecular weight excluding hydrogens is 431 g/mol. The molecule has 3 rings (SSSR count). The van der Waals surface area contributed by atoms with E-state index in [9.17, 15) is 9.59 Å². The van der Waals surface area contributed by atoms with Gasteiger partial charge >= 0.3 is 0 Å². The number of nitrogens with one attached hydrogen (secondary N) is 1. The molecule has 0 radical (unpaired) electrons.